The highest BCUT2D eigenvalue weighted by Crippen LogP contribution is 2.24. The van der Waals surface area contributed by atoms with Gasteiger partial charge in [-0.2, -0.15) is 5.26 Å². The molecule has 0 heterocycles. The zero-order chi connectivity index (χ0) is 14.5. The largest absolute Gasteiger partial charge is 0.398 e. The van der Waals surface area contributed by atoms with Gasteiger partial charge in [0.15, 0.2) is 0 Å². The number of nitrogens with zero attached hydrogens (tertiary/aromatic N) is 1. The Hall–Kier alpha value is -1.99. The lowest BCUT2D eigenvalue weighted by Gasteiger charge is -2.17. The summed E-state index contributed by atoms with van der Waals surface area (Å²) >= 11 is 3.48. The first kappa shape index (κ1) is 14.4. The number of anilines is 2. The second kappa shape index (κ2) is 6.44. The van der Waals surface area contributed by atoms with Crippen molar-refractivity contribution in [3.63, 3.8) is 0 Å². The van der Waals surface area contributed by atoms with E-state index in [9.17, 15) is 0 Å². The number of benzene rings is 2. The van der Waals surface area contributed by atoms with Crippen molar-refractivity contribution in [2.45, 2.75) is 19.4 Å². The fourth-order valence-electron chi connectivity index (χ4n) is 2.04. The highest BCUT2D eigenvalue weighted by Gasteiger charge is 2.07. The zero-order valence-electron chi connectivity index (χ0n) is 11.2. The third-order valence-corrected chi connectivity index (χ3v) is 3.64. The molecule has 0 aromatic heterocycles. The van der Waals surface area contributed by atoms with Gasteiger partial charge in [-0.1, -0.05) is 28.1 Å². The molecular formula is C16H16BrN3. The van der Waals surface area contributed by atoms with Gasteiger partial charge in [0.25, 0.3) is 0 Å². The Kier molecular flexibility index (Phi) is 4.65. The monoisotopic (exact) mass is 329 g/mol. The Balaban J connectivity index is 2.17. The quantitative estimate of drug-likeness (QED) is 0.823. The minimum Gasteiger partial charge on any atom is -0.398 e. The fourth-order valence-corrected chi connectivity index (χ4v) is 2.46. The Morgan fingerprint density at radius 2 is 2.10 bits per heavy atom. The van der Waals surface area contributed by atoms with E-state index in [1.54, 1.807) is 0 Å². The topological polar surface area (TPSA) is 61.8 Å². The first-order valence-corrected chi connectivity index (χ1v) is 7.17. The summed E-state index contributed by atoms with van der Waals surface area (Å²) in [6.45, 7) is 2.10. The lowest BCUT2D eigenvalue weighted by molar-refractivity contribution is 0.883. The zero-order valence-corrected chi connectivity index (χ0v) is 12.8. The first-order valence-electron chi connectivity index (χ1n) is 6.37. The van der Waals surface area contributed by atoms with Crippen LogP contribution in [0.4, 0.5) is 11.4 Å². The third kappa shape index (κ3) is 3.52. The molecule has 4 heteroatoms. The van der Waals surface area contributed by atoms with Crippen LogP contribution in [0.2, 0.25) is 0 Å². The molecule has 20 heavy (non-hydrogen) atoms. The van der Waals surface area contributed by atoms with Gasteiger partial charge in [0, 0.05) is 21.9 Å². The van der Waals surface area contributed by atoms with E-state index < -0.39 is 0 Å². The van der Waals surface area contributed by atoms with Crippen LogP contribution in [0.15, 0.2) is 46.9 Å². The Morgan fingerprint density at radius 1 is 1.30 bits per heavy atom. The van der Waals surface area contributed by atoms with Crippen LogP contribution >= 0.6 is 15.9 Å². The summed E-state index contributed by atoms with van der Waals surface area (Å²) in [5, 5.41) is 12.2. The normalized spacial score (nSPS) is 11.7. The van der Waals surface area contributed by atoms with Gasteiger partial charge in [0.2, 0.25) is 0 Å². The van der Waals surface area contributed by atoms with E-state index >= 15 is 0 Å². The molecule has 2 aromatic carbocycles. The molecule has 0 aliphatic rings. The van der Waals surface area contributed by atoms with Crippen molar-refractivity contribution >= 4 is 27.3 Å². The van der Waals surface area contributed by atoms with Gasteiger partial charge in [-0.3, -0.25) is 0 Å². The molecule has 3 N–H and O–H groups in total. The lowest BCUT2D eigenvalue weighted by Crippen LogP contribution is -2.07. The summed E-state index contributed by atoms with van der Waals surface area (Å²) in [6.07, 6.45) is 0.326. The minimum absolute atomic E-state index is 0.172. The number of hydrogen-bond acceptors (Lipinski definition) is 3. The number of nitrogen functional groups attached to an aromatic ring is 1. The molecule has 102 valence electrons. The number of nitrogens with one attached hydrogen (secondary N) is 1. The molecule has 1 atom stereocenters. The third-order valence-electron chi connectivity index (χ3n) is 3.14. The molecule has 0 radical (unpaired) electrons. The number of halogens is 1. The molecule has 0 bridgehead atoms. The van der Waals surface area contributed by atoms with Crippen LogP contribution in [0, 0.1) is 11.3 Å². The van der Waals surface area contributed by atoms with E-state index in [1.165, 1.54) is 5.56 Å². The SMILES string of the molecule is CC(Nc1ccc(N)c(CC#N)c1)c1cccc(Br)c1. The highest BCUT2D eigenvalue weighted by molar-refractivity contribution is 9.10. The van der Waals surface area contributed by atoms with E-state index in [0.29, 0.717) is 12.1 Å². The van der Waals surface area contributed by atoms with Crippen molar-refractivity contribution in [1.29, 1.82) is 5.26 Å². The van der Waals surface area contributed by atoms with Gasteiger partial charge in [-0.05, 0) is 48.4 Å². The molecule has 0 fully saturated rings. The molecule has 0 saturated carbocycles. The van der Waals surface area contributed by atoms with E-state index in [4.69, 9.17) is 11.0 Å². The predicted molar refractivity (Wildman–Crippen MR) is 86.4 cm³/mol. The maximum Gasteiger partial charge on any atom is 0.0670 e. The molecule has 0 aliphatic heterocycles. The number of hydrogen-bond donors (Lipinski definition) is 2. The molecule has 1 unspecified atom stereocenters. The van der Waals surface area contributed by atoms with Crippen LogP contribution in [-0.2, 0) is 6.42 Å². The number of nitriles is 1. The highest BCUT2D eigenvalue weighted by atomic mass is 79.9. The fraction of sp³-hybridized carbons (Fsp3) is 0.188. The summed E-state index contributed by atoms with van der Waals surface area (Å²) in [5.41, 5.74) is 9.53. The van der Waals surface area contributed by atoms with E-state index in [0.717, 1.165) is 15.7 Å². The molecule has 2 aromatic rings. The second-order valence-electron chi connectivity index (χ2n) is 4.67. The van der Waals surface area contributed by atoms with Crippen molar-refractivity contribution in [3.8, 4) is 6.07 Å². The van der Waals surface area contributed by atoms with E-state index in [2.05, 4.69) is 46.4 Å². The van der Waals surface area contributed by atoms with Crippen molar-refractivity contribution in [2.75, 3.05) is 11.1 Å². The molecule has 0 aliphatic carbocycles. The van der Waals surface area contributed by atoms with Crippen LogP contribution < -0.4 is 11.1 Å². The summed E-state index contributed by atoms with van der Waals surface area (Å²) in [5.74, 6) is 0. The maximum absolute atomic E-state index is 8.79. The standard InChI is InChI=1S/C16H16BrN3/c1-11(12-3-2-4-14(17)9-12)20-15-5-6-16(19)13(10-15)7-8-18/h2-6,9-11,20H,7,19H2,1H3. The van der Waals surface area contributed by atoms with Crippen molar-refractivity contribution in [3.05, 3.63) is 58.1 Å². The van der Waals surface area contributed by atoms with Crippen molar-refractivity contribution in [1.82, 2.24) is 0 Å². The van der Waals surface area contributed by atoms with Gasteiger partial charge >= 0.3 is 0 Å². The smallest absolute Gasteiger partial charge is 0.0670 e. The van der Waals surface area contributed by atoms with Crippen LogP contribution in [-0.4, -0.2) is 0 Å². The van der Waals surface area contributed by atoms with Crippen molar-refractivity contribution < 1.29 is 0 Å². The Bertz CT molecular complexity index is 646. The Labute approximate surface area is 127 Å². The van der Waals surface area contributed by atoms with E-state index in [1.807, 2.05) is 30.3 Å². The van der Waals surface area contributed by atoms with Gasteiger partial charge in [-0.25, -0.2) is 0 Å². The summed E-state index contributed by atoms with van der Waals surface area (Å²) in [7, 11) is 0. The average Bonchev–Trinajstić information content (AvgIpc) is 2.43. The van der Waals surface area contributed by atoms with Gasteiger partial charge in [0.1, 0.15) is 0 Å². The molecule has 3 nitrogen and oxygen atoms in total. The molecule has 0 amide bonds. The Morgan fingerprint density at radius 3 is 2.80 bits per heavy atom. The van der Waals surface area contributed by atoms with Crippen LogP contribution in [0.1, 0.15) is 24.1 Å². The average molecular weight is 330 g/mol. The van der Waals surface area contributed by atoms with Crippen LogP contribution in [0.3, 0.4) is 0 Å². The first-order chi connectivity index (χ1) is 9.60. The summed E-state index contributed by atoms with van der Waals surface area (Å²) < 4.78 is 1.06. The number of rotatable bonds is 4. The van der Waals surface area contributed by atoms with Crippen molar-refractivity contribution in [2.24, 2.45) is 0 Å². The molecule has 2 rings (SSSR count). The second-order valence-corrected chi connectivity index (χ2v) is 5.59. The van der Waals surface area contributed by atoms with E-state index in [-0.39, 0.29) is 6.04 Å². The molecular weight excluding hydrogens is 314 g/mol. The van der Waals surface area contributed by atoms with Gasteiger partial charge in [-0.15, -0.1) is 0 Å². The van der Waals surface area contributed by atoms with Crippen LogP contribution in [0.25, 0.3) is 0 Å². The van der Waals surface area contributed by atoms with Crippen LogP contribution in [0.5, 0.6) is 0 Å². The van der Waals surface area contributed by atoms with Gasteiger partial charge in [0.05, 0.1) is 12.5 Å². The molecule has 0 spiro atoms. The minimum atomic E-state index is 0.172. The summed E-state index contributed by atoms with van der Waals surface area (Å²) in [6, 6.07) is 16.2. The lowest BCUT2D eigenvalue weighted by atomic mass is 10.1. The predicted octanol–water partition coefficient (Wildman–Crippen LogP) is 4.27. The number of nitrogens with two attached hydrogens (primary N) is 1. The molecule has 0 saturated heterocycles. The van der Waals surface area contributed by atoms with Gasteiger partial charge < -0.3 is 11.1 Å². The summed E-state index contributed by atoms with van der Waals surface area (Å²) in [4.78, 5) is 0. The maximum atomic E-state index is 8.79.